The third kappa shape index (κ3) is 2.80. The highest BCUT2D eigenvalue weighted by Crippen LogP contribution is 2.22. The van der Waals surface area contributed by atoms with Crippen LogP contribution in [0.1, 0.15) is 31.5 Å². The molecule has 2 atom stereocenters. The Bertz CT molecular complexity index is 327. The van der Waals surface area contributed by atoms with E-state index in [-0.39, 0.29) is 0 Å². The van der Waals surface area contributed by atoms with Crippen molar-refractivity contribution in [2.24, 2.45) is 5.92 Å². The average Bonchev–Trinajstić information content (AvgIpc) is 2.87. The van der Waals surface area contributed by atoms with Crippen LogP contribution in [0.4, 0.5) is 0 Å². The number of aryl methyl sites for hydroxylation is 1. The van der Waals surface area contributed by atoms with Gasteiger partial charge in [-0.15, -0.1) is 10.2 Å². The van der Waals surface area contributed by atoms with Gasteiger partial charge in [0.15, 0.2) is 0 Å². The predicted octanol–water partition coefficient (Wildman–Crippen LogP) is 1.28. The zero-order chi connectivity index (χ0) is 11.4. The van der Waals surface area contributed by atoms with Crippen LogP contribution in [0.25, 0.3) is 0 Å². The molecular formula is C11H19N3O2. The van der Waals surface area contributed by atoms with Gasteiger partial charge in [0.1, 0.15) is 0 Å². The molecule has 16 heavy (non-hydrogen) atoms. The number of nitrogens with zero attached hydrogens (tertiary/aromatic N) is 2. The molecule has 2 unspecified atom stereocenters. The predicted molar refractivity (Wildman–Crippen MR) is 58.9 cm³/mol. The number of hydrogen-bond donors (Lipinski definition) is 1. The first-order chi connectivity index (χ1) is 7.79. The van der Waals surface area contributed by atoms with Crippen LogP contribution in [-0.4, -0.2) is 29.5 Å². The van der Waals surface area contributed by atoms with Gasteiger partial charge in [-0.25, -0.2) is 0 Å². The molecule has 0 aliphatic carbocycles. The van der Waals surface area contributed by atoms with Gasteiger partial charge in [0.05, 0.1) is 12.6 Å². The van der Waals surface area contributed by atoms with Crippen molar-refractivity contribution in [1.29, 1.82) is 0 Å². The molecule has 1 fully saturated rings. The van der Waals surface area contributed by atoms with Gasteiger partial charge in [0.2, 0.25) is 11.8 Å². The maximum Gasteiger partial charge on any atom is 0.230 e. The smallest absolute Gasteiger partial charge is 0.230 e. The standard InChI is InChI=1S/C11H19N3O2/c1-3-10-9(4-5-15-10)6-12-7-11-14-13-8(2)16-11/h9-10,12H,3-7H2,1-2H3. The van der Waals surface area contributed by atoms with Gasteiger partial charge in [-0.2, -0.15) is 0 Å². The Morgan fingerprint density at radius 2 is 2.31 bits per heavy atom. The summed E-state index contributed by atoms with van der Waals surface area (Å²) in [6.07, 6.45) is 2.65. The molecule has 1 saturated heterocycles. The van der Waals surface area contributed by atoms with Crippen molar-refractivity contribution in [3.63, 3.8) is 0 Å². The van der Waals surface area contributed by atoms with Gasteiger partial charge in [-0.05, 0) is 18.8 Å². The highest BCUT2D eigenvalue weighted by atomic mass is 16.5. The van der Waals surface area contributed by atoms with Crippen molar-refractivity contribution in [2.45, 2.75) is 39.3 Å². The van der Waals surface area contributed by atoms with Gasteiger partial charge < -0.3 is 14.5 Å². The van der Waals surface area contributed by atoms with Crippen LogP contribution in [-0.2, 0) is 11.3 Å². The fourth-order valence-corrected chi connectivity index (χ4v) is 2.15. The molecule has 0 saturated carbocycles. The zero-order valence-electron chi connectivity index (χ0n) is 9.90. The van der Waals surface area contributed by atoms with Gasteiger partial charge in [0, 0.05) is 20.1 Å². The highest BCUT2D eigenvalue weighted by molar-refractivity contribution is 4.81. The van der Waals surface area contributed by atoms with E-state index in [1.54, 1.807) is 6.92 Å². The second kappa shape index (κ2) is 5.41. The SMILES string of the molecule is CCC1OCCC1CNCc1nnc(C)o1. The van der Waals surface area contributed by atoms with Crippen molar-refractivity contribution in [1.82, 2.24) is 15.5 Å². The topological polar surface area (TPSA) is 60.2 Å². The highest BCUT2D eigenvalue weighted by Gasteiger charge is 2.26. The normalized spacial score (nSPS) is 25.1. The average molecular weight is 225 g/mol. The largest absolute Gasteiger partial charge is 0.424 e. The van der Waals surface area contributed by atoms with E-state index >= 15 is 0 Å². The van der Waals surface area contributed by atoms with E-state index in [9.17, 15) is 0 Å². The lowest BCUT2D eigenvalue weighted by Crippen LogP contribution is -2.28. The molecule has 90 valence electrons. The summed E-state index contributed by atoms with van der Waals surface area (Å²) in [6.45, 7) is 6.47. The van der Waals surface area contributed by atoms with Gasteiger partial charge in [-0.1, -0.05) is 6.92 Å². The minimum Gasteiger partial charge on any atom is -0.424 e. The molecule has 0 spiro atoms. The second-order valence-corrected chi connectivity index (χ2v) is 4.21. The fourth-order valence-electron chi connectivity index (χ4n) is 2.15. The molecular weight excluding hydrogens is 206 g/mol. The summed E-state index contributed by atoms with van der Waals surface area (Å²) in [5.74, 6) is 1.89. The molecule has 1 N–H and O–H groups in total. The number of nitrogens with one attached hydrogen (secondary N) is 1. The van der Waals surface area contributed by atoms with Crippen molar-refractivity contribution in [2.75, 3.05) is 13.2 Å². The first-order valence-electron chi connectivity index (χ1n) is 5.91. The van der Waals surface area contributed by atoms with Crippen LogP contribution in [0, 0.1) is 12.8 Å². The van der Waals surface area contributed by atoms with Crippen molar-refractivity contribution >= 4 is 0 Å². The third-order valence-corrected chi connectivity index (χ3v) is 3.00. The lowest BCUT2D eigenvalue weighted by atomic mass is 10.00. The molecule has 0 bridgehead atoms. The third-order valence-electron chi connectivity index (χ3n) is 3.00. The van der Waals surface area contributed by atoms with E-state index < -0.39 is 0 Å². The Morgan fingerprint density at radius 3 is 3.00 bits per heavy atom. The first-order valence-corrected chi connectivity index (χ1v) is 5.91. The molecule has 5 nitrogen and oxygen atoms in total. The van der Waals surface area contributed by atoms with E-state index in [1.807, 2.05) is 0 Å². The molecule has 1 aliphatic rings. The minimum atomic E-state index is 0.414. The van der Waals surface area contributed by atoms with Crippen LogP contribution in [0.3, 0.4) is 0 Å². The first kappa shape index (κ1) is 11.5. The summed E-state index contributed by atoms with van der Waals surface area (Å²) in [6, 6.07) is 0. The van der Waals surface area contributed by atoms with E-state index in [1.165, 1.54) is 0 Å². The van der Waals surface area contributed by atoms with Crippen molar-refractivity contribution in [3.8, 4) is 0 Å². The van der Waals surface area contributed by atoms with Gasteiger partial charge in [-0.3, -0.25) is 0 Å². The van der Waals surface area contributed by atoms with E-state index in [2.05, 4.69) is 22.4 Å². The summed E-state index contributed by atoms with van der Waals surface area (Å²) in [7, 11) is 0. The van der Waals surface area contributed by atoms with Crippen LogP contribution >= 0.6 is 0 Å². The molecule has 1 aromatic rings. The molecule has 0 aromatic carbocycles. The lowest BCUT2D eigenvalue weighted by molar-refractivity contribution is 0.0871. The Kier molecular flexibility index (Phi) is 3.90. The number of aromatic nitrogens is 2. The summed E-state index contributed by atoms with van der Waals surface area (Å²) in [4.78, 5) is 0. The quantitative estimate of drug-likeness (QED) is 0.818. The number of ether oxygens (including phenoxy) is 1. The minimum absolute atomic E-state index is 0.414. The molecule has 5 heteroatoms. The van der Waals surface area contributed by atoms with Crippen LogP contribution < -0.4 is 5.32 Å². The molecule has 2 rings (SSSR count). The van der Waals surface area contributed by atoms with E-state index in [0.29, 0.717) is 30.3 Å². The van der Waals surface area contributed by atoms with Crippen molar-refractivity contribution in [3.05, 3.63) is 11.8 Å². The second-order valence-electron chi connectivity index (χ2n) is 4.21. The summed E-state index contributed by atoms with van der Waals surface area (Å²) >= 11 is 0. The summed E-state index contributed by atoms with van der Waals surface area (Å²) in [5.41, 5.74) is 0. The Morgan fingerprint density at radius 1 is 1.44 bits per heavy atom. The molecule has 1 aliphatic heterocycles. The Labute approximate surface area is 95.6 Å². The maximum absolute atomic E-state index is 5.63. The van der Waals surface area contributed by atoms with Crippen LogP contribution in [0.2, 0.25) is 0 Å². The van der Waals surface area contributed by atoms with Crippen LogP contribution in [0.15, 0.2) is 4.42 Å². The summed E-state index contributed by atoms with van der Waals surface area (Å²) < 4.78 is 10.9. The number of hydrogen-bond acceptors (Lipinski definition) is 5. The van der Waals surface area contributed by atoms with Gasteiger partial charge >= 0.3 is 0 Å². The number of rotatable bonds is 5. The van der Waals surface area contributed by atoms with Gasteiger partial charge in [0.25, 0.3) is 0 Å². The summed E-state index contributed by atoms with van der Waals surface area (Å²) in [5, 5.41) is 11.1. The van der Waals surface area contributed by atoms with Crippen LogP contribution in [0.5, 0.6) is 0 Å². The molecule has 2 heterocycles. The fraction of sp³-hybridized carbons (Fsp3) is 0.818. The van der Waals surface area contributed by atoms with E-state index in [0.717, 1.165) is 26.0 Å². The molecule has 0 radical (unpaired) electrons. The maximum atomic E-state index is 5.63. The Balaban J connectivity index is 1.71. The lowest BCUT2D eigenvalue weighted by Gasteiger charge is -2.16. The molecule has 1 aromatic heterocycles. The monoisotopic (exact) mass is 225 g/mol. The zero-order valence-corrected chi connectivity index (χ0v) is 9.90. The Hall–Kier alpha value is -0.940. The molecule has 0 amide bonds. The van der Waals surface area contributed by atoms with E-state index in [4.69, 9.17) is 9.15 Å². The van der Waals surface area contributed by atoms with Crippen molar-refractivity contribution < 1.29 is 9.15 Å².